The van der Waals surface area contributed by atoms with E-state index in [1.54, 1.807) is 0 Å². The van der Waals surface area contributed by atoms with Gasteiger partial charge in [0, 0.05) is 24.5 Å². The molecule has 0 amide bonds. The van der Waals surface area contributed by atoms with Crippen molar-refractivity contribution >= 4 is 0 Å². The van der Waals surface area contributed by atoms with Crippen LogP contribution in [0.2, 0.25) is 0 Å². The van der Waals surface area contributed by atoms with Crippen molar-refractivity contribution in [2.45, 2.75) is 39.3 Å². The van der Waals surface area contributed by atoms with Gasteiger partial charge < -0.3 is 9.88 Å². The van der Waals surface area contributed by atoms with E-state index in [4.69, 9.17) is 0 Å². The van der Waals surface area contributed by atoms with Crippen LogP contribution >= 0.6 is 0 Å². The molecule has 2 heteroatoms. The fourth-order valence-corrected chi connectivity index (χ4v) is 1.24. The van der Waals surface area contributed by atoms with E-state index >= 15 is 0 Å². The predicted molar refractivity (Wildman–Crippen MR) is 56.8 cm³/mol. The Labute approximate surface area is 81.0 Å². The predicted octanol–water partition coefficient (Wildman–Crippen LogP) is 2.27. The minimum Gasteiger partial charge on any atom is -0.354 e. The lowest BCUT2D eigenvalue weighted by atomic mass is 10.1. The van der Waals surface area contributed by atoms with Gasteiger partial charge in [-0.05, 0) is 45.9 Å². The summed E-state index contributed by atoms with van der Waals surface area (Å²) in [5.41, 5.74) is 0.247. The molecule has 1 rings (SSSR count). The monoisotopic (exact) mass is 180 g/mol. The van der Waals surface area contributed by atoms with Gasteiger partial charge >= 0.3 is 0 Å². The van der Waals surface area contributed by atoms with Crippen LogP contribution in [0, 0.1) is 0 Å². The van der Waals surface area contributed by atoms with Gasteiger partial charge in [0.2, 0.25) is 0 Å². The largest absolute Gasteiger partial charge is 0.354 e. The van der Waals surface area contributed by atoms with Crippen molar-refractivity contribution in [3.8, 4) is 0 Å². The lowest BCUT2D eigenvalue weighted by Gasteiger charge is -2.20. The first-order valence-electron chi connectivity index (χ1n) is 4.94. The molecule has 0 spiro atoms. The first-order valence-corrected chi connectivity index (χ1v) is 4.94. The number of nitrogens with one attached hydrogen (secondary N) is 1. The van der Waals surface area contributed by atoms with Crippen LogP contribution in [0.3, 0.4) is 0 Å². The summed E-state index contributed by atoms with van der Waals surface area (Å²) in [7, 11) is 0. The number of aromatic nitrogens is 1. The lowest BCUT2D eigenvalue weighted by molar-refractivity contribution is 0.414. The highest BCUT2D eigenvalue weighted by Crippen LogP contribution is 1.99. The zero-order valence-electron chi connectivity index (χ0n) is 8.88. The van der Waals surface area contributed by atoms with E-state index in [0.717, 1.165) is 13.1 Å². The average molecular weight is 180 g/mol. The van der Waals surface area contributed by atoms with Gasteiger partial charge in [-0.3, -0.25) is 0 Å². The second-order valence-corrected chi connectivity index (χ2v) is 4.45. The van der Waals surface area contributed by atoms with Gasteiger partial charge in [0.1, 0.15) is 0 Å². The highest BCUT2D eigenvalue weighted by molar-refractivity contribution is 4.90. The number of nitrogens with zero attached hydrogens (tertiary/aromatic N) is 1. The number of hydrogen-bond acceptors (Lipinski definition) is 1. The highest BCUT2D eigenvalue weighted by Gasteiger charge is 2.06. The molecule has 0 saturated carbocycles. The molecule has 1 aromatic rings. The second kappa shape index (κ2) is 4.47. The Morgan fingerprint density at radius 2 is 1.77 bits per heavy atom. The van der Waals surface area contributed by atoms with Gasteiger partial charge in [-0.2, -0.15) is 0 Å². The molecular formula is C11H20N2. The molecule has 0 aromatic carbocycles. The van der Waals surface area contributed by atoms with Crippen LogP contribution in [0.4, 0.5) is 0 Å². The molecule has 0 bridgehead atoms. The summed E-state index contributed by atoms with van der Waals surface area (Å²) in [6.45, 7) is 8.78. The van der Waals surface area contributed by atoms with E-state index in [1.807, 2.05) is 0 Å². The molecule has 0 radical (unpaired) electrons. The first-order chi connectivity index (χ1) is 6.08. The Balaban J connectivity index is 2.09. The first kappa shape index (κ1) is 10.3. The average Bonchev–Trinajstić information content (AvgIpc) is 2.48. The van der Waals surface area contributed by atoms with Gasteiger partial charge in [-0.15, -0.1) is 0 Å². The quantitative estimate of drug-likeness (QED) is 0.703. The van der Waals surface area contributed by atoms with Crippen molar-refractivity contribution in [3.63, 3.8) is 0 Å². The van der Waals surface area contributed by atoms with Crippen molar-refractivity contribution < 1.29 is 0 Å². The lowest BCUT2D eigenvalue weighted by Crippen LogP contribution is -2.36. The summed E-state index contributed by atoms with van der Waals surface area (Å²) in [5.74, 6) is 0. The Morgan fingerprint density at radius 3 is 2.31 bits per heavy atom. The molecule has 0 atom stereocenters. The summed E-state index contributed by atoms with van der Waals surface area (Å²) < 4.78 is 2.21. The maximum atomic E-state index is 3.47. The number of aryl methyl sites for hydroxylation is 1. The molecule has 1 N–H and O–H groups in total. The van der Waals surface area contributed by atoms with E-state index < -0.39 is 0 Å². The van der Waals surface area contributed by atoms with E-state index in [0.29, 0.717) is 0 Å². The van der Waals surface area contributed by atoms with Crippen LogP contribution in [0.15, 0.2) is 24.5 Å². The van der Waals surface area contributed by atoms with Crippen molar-refractivity contribution in [3.05, 3.63) is 24.5 Å². The van der Waals surface area contributed by atoms with Gasteiger partial charge in [-0.25, -0.2) is 0 Å². The van der Waals surface area contributed by atoms with Crippen molar-refractivity contribution in [2.75, 3.05) is 6.54 Å². The molecule has 0 aliphatic rings. The van der Waals surface area contributed by atoms with E-state index in [9.17, 15) is 0 Å². The molecule has 0 aliphatic heterocycles. The van der Waals surface area contributed by atoms with Crippen LogP contribution in [-0.2, 0) is 6.54 Å². The van der Waals surface area contributed by atoms with Crippen molar-refractivity contribution in [1.82, 2.24) is 9.88 Å². The van der Waals surface area contributed by atoms with Gasteiger partial charge in [0.25, 0.3) is 0 Å². The zero-order valence-corrected chi connectivity index (χ0v) is 8.88. The van der Waals surface area contributed by atoms with Gasteiger partial charge in [-0.1, -0.05) is 0 Å². The van der Waals surface area contributed by atoms with Crippen LogP contribution < -0.4 is 5.32 Å². The molecular weight excluding hydrogens is 160 g/mol. The van der Waals surface area contributed by atoms with Crippen LogP contribution in [-0.4, -0.2) is 16.7 Å². The second-order valence-electron chi connectivity index (χ2n) is 4.45. The fraction of sp³-hybridized carbons (Fsp3) is 0.636. The molecule has 0 aliphatic carbocycles. The highest BCUT2D eigenvalue weighted by atomic mass is 15.0. The Bertz CT molecular complexity index is 219. The summed E-state index contributed by atoms with van der Waals surface area (Å²) in [6, 6.07) is 4.13. The fourth-order valence-electron chi connectivity index (χ4n) is 1.24. The van der Waals surface area contributed by atoms with Crippen molar-refractivity contribution in [1.29, 1.82) is 0 Å². The standard InChI is InChI=1S/C11H20N2/c1-11(2,3)12-7-6-10-13-8-4-5-9-13/h4-5,8-9,12H,6-7,10H2,1-3H3. The zero-order chi connectivity index (χ0) is 9.73. The topological polar surface area (TPSA) is 17.0 Å². The van der Waals surface area contributed by atoms with E-state index in [2.05, 4.69) is 55.2 Å². The molecule has 74 valence electrons. The normalized spacial score (nSPS) is 11.9. The maximum absolute atomic E-state index is 3.47. The summed E-state index contributed by atoms with van der Waals surface area (Å²) in [5, 5.41) is 3.47. The molecule has 2 nitrogen and oxygen atoms in total. The number of hydrogen-bond donors (Lipinski definition) is 1. The van der Waals surface area contributed by atoms with Gasteiger partial charge in [0.15, 0.2) is 0 Å². The SMILES string of the molecule is CC(C)(C)NCCCn1cccc1. The maximum Gasteiger partial charge on any atom is 0.0231 e. The molecule has 0 saturated heterocycles. The Morgan fingerprint density at radius 1 is 1.15 bits per heavy atom. The minimum absolute atomic E-state index is 0.247. The third-order valence-corrected chi connectivity index (χ3v) is 1.91. The van der Waals surface area contributed by atoms with Crippen LogP contribution in [0.25, 0.3) is 0 Å². The molecule has 0 fully saturated rings. The Kier molecular flexibility index (Phi) is 3.55. The summed E-state index contributed by atoms with van der Waals surface area (Å²) in [6.07, 6.45) is 5.40. The smallest absolute Gasteiger partial charge is 0.0231 e. The summed E-state index contributed by atoms with van der Waals surface area (Å²) in [4.78, 5) is 0. The summed E-state index contributed by atoms with van der Waals surface area (Å²) >= 11 is 0. The van der Waals surface area contributed by atoms with Crippen LogP contribution in [0.5, 0.6) is 0 Å². The molecule has 1 aromatic heterocycles. The Hall–Kier alpha value is -0.760. The van der Waals surface area contributed by atoms with E-state index in [-0.39, 0.29) is 5.54 Å². The number of rotatable bonds is 4. The minimum atomic E-state index is 0.247. The van der Waals surface area contributed by atoms with Gasteiger partial charge in [0.05, 0.1) is 0 Å². The van der Waals surface area contributed by atoms with Crippen LogP contribution in [0.1, 0.15) is 27.2 Å². The van der Waals surface area contributed by atoms with Crippen molar-refractivity contribution in [2.24, 2.45) is 0 Å². The molecule has 13 heavy (non-hydrogen) atoms. The van der Waals surface area contributed by atoms with E-state index in [1.165, 1.54) is 6.42 Å². The molecule has 1 heterocycles. The third-order valence-electron chi connectivity index (χ3n) is 1.91. The third kappa shape index (κ3) is 4.73. The molecule has 0 unspecified atom stereocenters.